The molecule has 2 atom stereocenters. The third kappa shape index (κ3) is 4.80. The Balaban J connectivity index is 1.49. The molecule has 1 amide bonds. The van der Waals surface area contributed by atoms with Gasteiger partial charge >= 0.3 is 0 Å². The Kier molecular flexibility index (Phi) is 5.80. The number of hydrogen-bond acceptors (Lipinski definition) is 2. The van der Waals surface area contributed by atoms with Crippen LogP contribution < -0.4 is 5.32 Å². The summed E-state index contributed by atoms with van der Waals surface area (Å²) in [6.07, 6.45) is 6.21. The molecule has 1 aliphatic rings. The first-order valence-electron chi connectivity index (χ1n) is 8.48. The fourth-order valence-electron chi connectivity index (χ4n) is 2.85. The maximum atomic E-state index is 12.4. The van der Waals surface area contributed by atoms with E-state index in [1.165, 1.54) is 5.56 Å². The number of benzene rings is 2. The van der Waals surface area contributed by atoms with E-state index in [9.17, 15) is 4.79 Å². The molecule has 3 nitrogen and oxygen atoms in total. The van der Waals surface area contributed by atoms with E-state index in [-0.39, 0.29) is 11.9 Å². The molecule has 0 aliphatic carbocycles. The summed E-state index contributed by atoms with van der Waals surface area (Å²) < 4.78 is 5.81. The molecule has 0 aromatic heterocycles. The van der Waals surface area contributed by atoms with Crippen molar-refractivity contribution in [2.75, 3.05) is 0 Å². The van der Waals surface area contributed by atoms with E-state index in [0.717, 1.165) is 18.4 Å². The summed E-state index contributed by atoms with van der Waals surface area (Å²) in [5.74, 6) is -0.0195. The van der Waals surface area contributed by atoms with E-state index in [2.05, 4.69) is 29.6 Å². The molecule has 24 heavy (non-hydrogen) atoms. The summed E-state index contributed by atoms with van der Waals surface area (Å²) in [7, 11) is 0. The summed E-state index contributed by atoms with van der Waals surface area (Å²) >= 11 is 0. The summed E-state index contributed by atoms with van der Waals surface area (Å²) in [5, 5.41) is 3.08. The molecule has 0 radical (unpaired) electrons. The Morgan fingerprint density at radius 1 is 0.958 bits per heavy atom. The van der Waals surface area contributed by atoms with Crippen LogP contribution in [0.15, 0.2) is 72.8 Å². The molecule has 2 aromatic carbocycles. The predicted molar refractivity (Wildman–Crippen MR) is 95.5 cm³/mol. The zero-order valence-corrected chi connectivity index (χ0v) is 13.7. The molecular formula is C21H23NO2. The molecule has 1 N–H and O–H groups in total. The smallest absolute Gasteiger partial charge is 0.249 e. The normalized spacial score (nSPS) is 20.4. The van der Waals surface area contributed by atoms with Crippen molar-refractivity contribution in [3.05, 3.63) is 83.9 Å². The van der Waals surface area contributed by atoms with Gasteiger partial charge in [0.05, 0.1) is 6.61 Å². The predicted octanol–water partition coefficient (Wildman–Crippen LogP) is 3.65. The van der Waals surface area contributed by atoms with Crippen LogP contribution in [0.4, 0.5) is 0 Å². The van der Waals surface area contributed by atoms with Gasteiger partial charge in [-0.05, 0) is 24.0 Å². The van der Waals surface area contributed by atoms with Crippen LogP contribution in [0.1, 0.15) is 24.0 Å². The summed E-state index contributed by atoms with van der Waals surface area (Å²) in [5.41, 5.74) is 2.38. The maximum Gasteiger partial charge on any atom is 0.249 e. The van der Waals surface area contributed by atoms with Gasteiger partial charge in [-0.1, -0.05) is 72.8 Å². The van der Waals surface area contributed by atoms with Crippen molar-refractivity contribution < 1.29 is 9.53 Å². The number of hydrogen-bond donors (Lipinski definition) is 1. The van der Waals surface area contributed by atoms with Crippen LogP contribution in [-0.2, 0) is 22.6 Å². The van der Waals surface area contributed by atoms with E-state index in [0.29, 0.717) is 13.0 Å². The van der Waals surface area contributed by atoms with Crippen LogP contribution in [0.5, 0.6) is 0 Å². The first-order valence-corrected chi connectivity index (χ1v) is 8.48. The summed E-state index contributed by atoms with van der Waals surface area (Å²) in [6, 6.07) is 20.4. The van der Waals surface area contributed by atoms with Gasteiger partial charge in [-0.25, -0.2) is 0 Å². The lowest BCUT2D eigenvalue weighted by Crippen LogP contribution is -2.40. The molecule has 0 spiro atoms. The topological polar surface area (TPSA) is 38.3 Å². The number of ether oxygens (including phenoxy) is 1. The van der Waals surface area contributed by atoms with Crippen molar-refractivity contribution in [1.29, 1.82) is 0 Å². The van der Waals surface area contributed by atoms with Gasteiger partial charge in [0.2, 0.25) is 5.91 Å². The second-order valence-electron chi connectivity index (χ2n) is 6.09. The Morgan fingerprint density at radius 2 is 1.62 bits per heavy atom. The van der Waals surface area contributed by atoms with Crippen LogP contribution in [0.2, 0.25) is 0 Å². The molecule has 0 unspecified atom stereocenters. The Morgan fingerprint density at radius 3 is 2.33 bits per heavy atom. The number of rotatable bonds is 6. The van der Waals surface area contributed by atoms with E-state index in [1.807, 2.05) is 48.5 Å². The molecule has 0 saturated carbocycles. The van der Waals surface area contributed by atoms with Gasteiger partial charge in [-0.2, -0.15) is 0 Å². The number of aryl methyl sites for hydroxylation is 1. The molecule has 2 aromatic rings. The fraction of sp³-hybridized carbons (Fsp3) is 0.286. The third-order valence-corrected chi connectivity index (χ3v) is 4.22. The monoisotopic (exact) mass is 321 g/mol. The first kappa shape index (κ1) is 16.5. The minimum Gasteiger partial charge on any atom is -0.363 e. The van der Waals surface area contributed by atoms with Crippen LogP contribution in [0.3, 0.4) is 0 Å². The van der Waals surface area contributed by atoms with Gasteiger partial charge in [0.25, 0.3) is 0 Å². The Hall–Kier alpha value is -2.39. The highest BCUT2D eigenvalue weighted by molar-refractivity contribution is 5.81. The van der Waals surface area contributed by atoms with Crippen molar-refractivity contribution in [2.45, 2.75) is 38.0 Å². The van der Waals surface area contributed by atoms with Crippen LogP contribution in [0, 0.1) is 0 Å². The fourth-order valence-corrected chi connectivity index (χ4v) is 2.85. The second kappa shape index (κ2) is 8.46. The van der Waals surface area contributed by atoms with Crippen molar-refractivity contribution in [3.8, 4) is 0 Å². The van der Waals surface area contributed by atoms with Gasteiger partial charge in [-0.15, -0.1) is 0 Å². The number of carbonyl (C=O) groups is 1. The SMILES string of the molecule is O=C1N[C@@H](CCc2ccccc2)C=CC[C@H]1OCc1ccccc1. The van der Waals surface area contributed by atoms with Crippen LogP contribution in [0.25, 0.3) is 0 Å². The molecule has 0 saturated heterocycles. The Bertz CT molecular complexity index is 667. The average molecular weight is 321 g/mol. The quantitative estimate of drug-likeness (QED) is 0.825. The zero-order valence-electron chi connectivity index (χ0n) is 13.7. The molecule has 3 heteroatoms. The lowest BCUT2D eigenvalue weighted by molar-refractivity contribution is -0.133. The molecule has 0 fully saturated rings. The lowest BCUT2D eigenvalue weighted by atomic mass is 10.1. The number of carbonyl (C=O) groups excluding carboxylic acids is 1. The average Bonchev–Trinajstić information content (AvgIpc) is 2.81. The third-order valence-electron chi connectivity index (χ3n) is 4.22. The van der Waals surface area contributed by atoms with E-state index >= 15 is 0 Å². The highest BCUT2D eigenvalue weighted by Crippen LogP contribution is 2.13. The van der Waals surface area contributed by atoms with Gasteiger partial charge in [0.15, 0.2) is 0 Å². The molecular weight excluding hydrogens is 298 g/mol. The van der Waals surface area contributed by atoms with Gasteiger partial charge in [-0.3, -0.25) is 4.79 Å². The molecule has 0 bridgehead atoms. The van der Waals surface area contributed by atoms with Crippen LogP contribution >= 0.6 is 0 Å². The lowest BCUT2D eigenvalue weighted by Gasteiger charge is -2.17. The largest absolute Gasteiger partial charge is 0.363 e. The Labute approximate surface area is 143 Å². The standard InChI is InChI=1S/C21H23NO2/c23-21-20(24-16-18-10-5-2-6-11-18)13-7-12-19(22-21)15-14-17-8-3-1-4-9-17/h1-12,19-20H,13-16H2,(H,22,23)/t19-,20-/m1/s1. The molecule has 3 rings (SSSR count). The summed E-state index contributed by atoms with van der Waals surface area (Å²) in [6.45, 7) is 0.460. The summed E-state index contributed by atoms with van der Waals surface area (Å²) in [4.78, 5) is 12.4. The highest BCUT2D eigenvalue weighted by atomic mass is 16.5. The first-order chi connectivity index (χ1) is 11.8. The maximum absolute atomic E-state index is 12.4. The zero-order chi connectivity index (χ0) is 16.6. The van der Waals surface area contributed by atoms with E-state index < -0.39 is 6.10 Å². The molecule has 1 aliphatic heterocycles. The molecule has 124 valence electrons. The second-order valence-corrected chi connectivity index (χ2v) is 6.09. The van der Waals surface area contributed by atoms with Gasteiger partial charge in [0.1, 0.15) is 6.10 Å². The van der Waals surface area contributed by atoms with Gasteiger partial charge in [0, 0.05) is 12.5 Å². The van der Waals surface area contributed by atoms with Crippen molar-refractivity contribution in [2.24, 2.45) is 0 Å². The number of amides is 1. The highest BCUT2D eigenvalue weighted by Gasteiger charge is 2.23. The minimum absolute atomic E-state index is 0.0195. The van der Waals surface area contributed by atoms with Gasteiger partial charge < -0.3 is 10.1 Å². The number of nitrogens with one attached hydrogen (secondary N) is 1. The van der Waals surface area contributed by atoms with E-state index in [4.69, 9.17) is 4.74 Å². The van der Waals surface area contributed by atoms with Crippen molar-refractivity contribution in [1.82, 2.24) is 5.32 Å². The van der Waals surface area contributed by atoms with E-state index in [1.54, 1.807) is 0 Å². The van der Waals surface area contributed by atoms with Crippen molar-refractivity contribution in [3.63, 3.8) is 0 Å². The minimum atomic E-state index is -0.414. The molecule has 1 heterocycles. The van der Waals surface area contributed by atoms with Crippen molar-refractivity contribution >= 4 is 5.91 Å². The van der Waals surface area contributed by atoms with Crippen LogP contribution in [-0.4, -0.2) is 18.1 Å².